The van der Waals surface area contributed by atoms with E-state index < -0.39 is 0 Å². The zero-order valence-corrected chi connectivity index (χ0v) is 14.5. The average Bonchev–Trinajstić information content (AvgIpc) is 3.03. The molecule has 0 unspecified atom stereocenters. The molecule has 0 radical (unpaired) electrons. The minimum absolute atomic E-state index is 0.160. The van der Waals surface area contributed by atoms with Gasteiger partial charge < -0.3 is 0 Å². The maximum Gasteiger partial charge on any atom is 0.278 e. The Kier molecular flexibility index (Phi) is 4.37. The molecule has 5 heteroatoms. The molecule has 0 atom stereocenters. The van der Waals surface area contributed by atoms with Crippen LogP contribution in [0, 0.1) is 0 Å². The van der Waals surface area contributed by atoms with Crippen molar-refractivity contribution >= 4 is 34.2 Å². The number of para-hydroxylation sites is 1. The van der Waals surface area contributed by atoms with Gasteiger partial charge in [-0.05, 0) is 36.4 Å². The second-order valence-corrected chi connectivity index (χ2v) is 6.68. The average molecular weight is 358 g/mol. The molecule has 1 heterocycles. The van der Waals surface area contributed by atoms with Crippen molar-refractivity contribution in [2.75, 3.05) is 5.01 Å². The molecule has 1 aliphatic heterocycles. The predicted octanol–water partition coefficient (Wildman–Crippen LogP) is 4.64. The van der Waals surface area contributed by atoms with Crippen molar-refractivity contribution in [1.29, 1.82) is 0 Å². The third-order valence-corrected chi connectivity index (χ3v) is 4.97. The minimum atomic E-state index is -0.284. The number of hydrogen-bond acceptors (Lipinski definition) is 4. The molecule has 126 valence electrons. The second kappa shape index (κ2) is 6.98. The van der Waals surface area contributed by atoms with Gasteiger partial charge in [-0.25, -0.2) is 0 Å². The van der Waals surface area contributed by atoms with Crippen LogP contribution in [0.1, 0.15) is 20.7 Å². The number of hydrogen-bond donors (Lipinski definition) is 0. The molecule has 26 heavy (non-hydrogen) atoms. The van der Waals surface area contributed by atoms with E-state index in [0.717, 1.165) is 4.90 Å². The van der Waals surface area contributed by atoms with Gasteiger partial charge in [0.25, 0.3) is 5.91 Å². The summed E-state index contributed by atoms with van der Waals surface area (Å²) in [5, 5.41) is 6.02. The van der Waals surface area contributed by atoms with E-state index in [9.17, 15) is 9.59 Å². The van der Waals surface area contributed by atoms with Crippen LogP contribution in [-0.4, -0.2) is 16.7 Å². The van der Waals surface area contributed by atoms with Gasteiger partial charge in [0.1, 0.15) is 0 Å². The van der Waals surface area contributed by atoms with Gasteiger partial charge in [0.2, 0.25) is 5.78 Å². The van der Waals surface area contributed by atoms with Crippen LogP contribution in [0.25, 0.3) is 0 Å². The second-order valence-electron chi connectivity index (χ2n) is 5.65. The van der Waals surface area contributed by atoms with Crippen LogP contribution in [0.15, 0.2) is 94.9 Å². The maximum absolute atomic E-state index is 13.0. The predicted molar refractivity (Wildman–Crippen MR) is 104 cm³/mol. The topological polar surface area (TPSA) is 49.7 Å². The summed E-state index contributed by atoms with van der Waals surface area (Å²) in [6, 6.07) is 25.4. The lowest BCUT2D eigenvalue weighted by molar-refractivity contribution is 0.0988. The number of fused-ring (bicyclic) bond motifs is 1. The highest BCUT2D eigenvalue weighted by molar-refractivity contribution is 8.16. The van der Waals surface area contributed by atoms with Crippen LogP contribution in [0.3, 0.4) is 0 Å². The Morgan fingerprint density at radius 3 is 2.12 bits per heavy atom. The fourth-order valence-corrected chi connectivity index (χ4v) is 3.61. The van der Waals surface area contributed by atoms with E-state index in [0.29, 0.717) is 21.9 Å². The third kappa shape index (κ3) is 3.05. The number of anilines is 1. The summed E-state index contributed by atoms with van der Waals surface area (Å²) in [7, 11) is 0. The van der Waals surface area contributed by atoms with Crippen molar-refractivity contribution in [3.63, 3.8) is 0 Å². The number of thioether (sulfide) groups is 1. The number of hydrazone groups is 1. The number of nitrogens with zero attached hydrogens (tertiary/aromatic N) is 2. The lowest BCUT2D eigenvalue weighted by Crippen LogP contribution is -2.27. The molecule has 0 fully saturated rings. The largest absolute Gasteiger partial charge is 0.286 e. The van der Waals surface area contributed by atoms with Crippen molar-refractivity contribution in [3.05, 3.63) is 96.1 Å². The summed E-state index contributed by atoms with van der Waals surface area (Å²) >= 11 is 1.29. The quantitative estimate of drug-likeness (QED) is 0.641. The van der Waals surface area contributed by atoms with Gasteiger partial charge in [0, 0.05) is 16.0 Å². The maximum atomic E-state index is 13.0. The first-order chi connectivity index (χ1) is 12.7. The number of amides is 1. The first-order valence-corrected chi connectivity index (χ1v) is 8.90. The summed E-state index contributed by atoms with van der Waals surface area (Å²) in [4.78, 5) is 26.5. The zero-order valence-electron chi connectivity index (χ0n) is 13.7. The monoisotopic (exact) mass is 358 g/mol. The lowest BCUT2D eigenvalue weighted by atomic mass is 10.1. The van der Waals surface area contributed by atoms with Crippen LogP contribution < -0.4 is 5.01 Å². The van der Waals surface area contributed by atoms with E-state index in [-0.39, 0.29) is 11.7 Å². The molecule has 3 aromatic rings. The van der Waals surface area contributed by atoms with E-state index in [1.165, 1.54) is 16.8 Å². The molecule has 1 aliphatic rings. The first-order valence-electron chi connectivity index (χ1n) is 8.09. The molecule has 1 amide bonds. The number of ketones is 1. The van der Waals surface area contributed by atoms with E-state index in [4.69, 9.17) is 0 Å². The molecule has 0 aliphatic carbocycles. The van der Waals surface area contributed by atoms with Crippen molar-refractivity contribution in [2.45, 2.75) is 4.90 Å². The van der Waals surface area contributed by atoms with Crippen molar-refractivity contribution in [3.8, 4) is 0 Å². The van der Waals surface area contributed by atoms with Gasteiger partial charge in [0.15, 0.2) is 5.04 Å². The van der Waals surface area contributed by atoms with Gasteiger partial charge >= 0.3 is 0 Å². The molecule has 4 rings (SSSR count). The molecule has 0 N–H and O–H groups in total. The van der Waals surface area contributed by atoms with Crippen LogP contribution in [-0.2, 0) is 0 Å². The van der Waals surface area contributed by atoms with Crippen molar-refractivity contribution in [2.24, 2.45) is 5.10 Å². The van der Waals surface area contributed by atoms with Crippen LogP contribution in [0.5, 0.6) is 0 Å². The first kappa shape index (κ1) is 16.3. The van der Waals surface area contributed by atoms with E-state index in [2.05, 4.69) is 5.10 Å². The van der Waals surface area contributed by atoms with Crippen LogP contribution >= 0.6 is 11.8 Å². The van der Waals surface area contributed by atoms with Crippen molar-refractivity contribution < 1.29 is 9.59 Å². The van der Waals surface area contributed by atoms with E-state index in [1.54, 1.807) is 42.5 Å². The zero-order chi connectivity index (χ0) is 17.9. The highest BCUT2D eigenvalue weighted by atomic mass is 32.2. The molecular weight excluding hydrogens is 344 g/mol. The molecular formula is C21H14N2O2S. The highest BCUT2D eigenvalue weighted by Gasteiger charge is 2.29. The molecule has 3 aromatic carbocycles. The minimum Gasteiger partial charge on any atom is -0.286 e. The number of rotatable bonds is 3. The van der Waals surface area contributed by atoms with Crippen LogP contribution in [0.4, 0.5) is 5.69 Å². The van der Waals surface area contributed by atoms with Gasteiger partial charge in [0.05, 0.1) is 5.69 Å². The normalized spacial score (nSPS) is 14.3. The van der Waals surface area contributed by atoms with Gasteiger partial charge in [-0.15, -0.1) is 0 Å². The number of carbonyl (C=O) groups is 2. The Labute approximate surface area is 155 Å². The summed E-state index contributed by atoms with van der Waals surface area (Å²) in [5.74, 6) is -0.443. The number of Topliss-reactive ketones (excluding diaryl/α,β-unsaturated/α-hetero) is 1. The van der Waals surface area contributed by atoms with Gasteiger partial charge in [-0.2, -0.15) is 10.1 Å². The van der Waals surface area contributed by atoms with Gasteiger partial charge in [-0.3, -0.25) is 9.59 Å². The standard InChI is InChI=1S/C21H14N2O2S/c24-19-17-13-7-8-14-18(17)26-20(19)22-23(16-11-5-2-6-12-16)21(25)15-9-3-1-4-10-15/h1-14H. The summed E-state index contributed by atoms with van der Waals surface area (Å²) in [6.45, 7) is 0. The van der Waals surface area contributed by atoms with E-state index >= 15 is 0 Å². The summed E-state index contributed by atoms with van der Waals surface area (Å²) in [5.41, 5.74) is 1.74. The Hall–Kier alpha value is -3.18. The SMILES string of the molecule is O=C1C(=NN(C(=O)c2ccccc2)c2ccccc2)Sc2ccccc21. The fourth-order valence-electron chi connectivity index (χ4n) is 2.66. The molecule has 0 spiro atoms. The van der Waals surface area contributed by atoms with Crippen LogP contribution in [0.2, 0.25) is 0 Å². The lowest BCUT2D eigenvalue weighted by Gasteiger charge is -2.17. The number of benzene rings is 3. The Balaban J connectivity index is 1.76. The Bertz CT molecular complexity index is 1000. The van der Waals surface area contributed by atoms with E-state index in [1.807, 2.05) is 42.5 Å². The highest BCUT2D eigenvalue weighted by Crippen LogP contribution is 2.34. The smallest absolute Gasteiger partial charge is 0.278 e. The summed E-state index contributed by atoms with van der Waals surface area (Å²) in [6.07, 6.45) is 0. The third-order valence-electron chi connectivity index (χ3n) is 3.94. The molecule has 0 bridgehead atoms. The van der Waals surface area contributed by atoms with Gasteiger partial charge in [-0.1, -0.05) is 60.3 Å². The Morgan fingerprint density at radius 2 is 1.42 bits per heavy atom. The Morgan fingerprint density at radius 1 is 0.808 bits per heavy atom. The molecule has 4 nitrogen and oxygen atoms in total. The van der Waals surface area contributed by atoms with Crippen molar-refractivity contribution in [1.82, 2.24) is 0 Å². The molecule has 0 aromatic heterocycles. The number of carbonyl (C=O) groups excluding carboxylic acids is 2. The molecule has 0 saturated carbocycles. The molecule has 0 saturated heterocycles. The fraction of sp³-hybridized carbons (Fsp3) is 0. The summed E-state index contributed by atoms with van der Waals surface area (Å²) < 4.78 is 0.